The van der Waals surface area contributed by atoms with Crippen molar-refractivity contribution >= 4 is 17.8 Å². The summed E-state index contributed by atoms with van der Waals surface area (Å²) in [5.74, 6) is 2.02. The number of piperidine rings is 1. The average molecular weight is 404 g/mol. The van der Waals surface area contributed by atoms with E-state index in [1.807, 2.05) is 35.2 Å². The smallest absolute Gasteiger partial charge is 0.229 e. The van der Waals surface area contributed by atoms with Crippen molar-refractivity contribution < 1.29 is 9.53 Å². The zero-order valence-corrected chi connectivity index (χ0v) is 16.9. The fourth-order valence-corrected chi connectivity index (χ4v) is 3.60. The van der Waals surface area contributed by atoms with Gasteiger partial charge in [0, 0.05) is 37.6 Å². The summed E-state index contributed by atoms with van der Waals surface area (Å²) in [6, 6.07) is 11.3. The monoisotopic (exact) mass is 404 g/mol. The molecule has 1 saturated heterocycles. The van der Waals surface area contributed by atoms with Crippen molar-refractivity contribution in [3.63, 3.8) is 0 Å². The van der Waals surface area contributed by atoms with Crippen LogP contribution in [0.3, 0.4) is 0 Å². The first-order valence-electron chi connectivity index (χ1n) is 9.99. The highest BCUT2D eigenvalue weighted by molar-refractivity contribution is 5.79. The maximum absolute atomic E-state index is 12.8. The number of aromatic nitrogens is 4. The minimum absolute atomic E-state index is 0.134. The Morgan fingerprint density at radius 2 is 1.87 bits per heavy atom. The van der Waals surface area contributed by atoms with Crippen LogP contribution in [0.25, 0.3) is 0 Å². The molecule has 0 saturated carbocycles. The molecular formula is C22H24N6O2. The second-order valence-electron chi connectivity index (χ2n) is 7.21. The molecule has 1 aromatic carbocycles. The number of ether oxygens (including phenoxy) is 1. The molecule has 0 bridgehead atoms. The van der Waals surface area contributed by atoms with E-state index in [9.17, 15) is 4.79 Å². The third kappa shape index (κ3) is 4.89. The van der Waals surface area contributed by atoms with E-state index in [4.69, 9.17) is 4.74 Å². The maximum Gasteiger partial charge on any atom is 0.229 e. The van der Waals surface area contributed by atoms with Crippen molar-refractivity contribution in [3.05, 3.63) is 66.2 Å². The lowest BCUT2D eigenvalue weighted by molar-refractivity contribution is -0.131. The van der Waals surface area contributed by atoms with Crippen LogP contribution in [-0.2, 0) is 11.2 Å². The number of nitrogens with one attached hydrogen (secondary N) is 1. The highest BCUT2D eigenvalue weighted by Crippen LogP contribution is 2.26. The van der Waals surface area contributed by atoms with E-state index >= 15 is 0 Å². The standard InChI is InChI=1S/C22H24N6O2/c1-30-18-7-5-16(6-8-18)14-20(29)28-13-2-4-17(15-28)19-9-12-25-22(26-19)27-21-23-10-3-11-24-21/h3,5-12,17H,2,4,13-15H2,1H3,(H,23,24,25,26,27). The number of anilines is 2. The highest BCUT2D eigenvalue weighted by Gasteiger charge is 2.26. The Labute approximate surface area is 175 Å². The fourth-order valence-electron chi connectivity index (χ4n) is 3.60. The van der Waals surface area contributed by atoms with Crippen LogP contribution >= 0.6 is 0 Å². The molecule has 0 aliphatic carbocycles. The van der Waals surface area contributed by atoms with E-state index in [0.29, 0.717) is 24.9 Å². The molecule has 3 aromatic rings. The number of methoxy groups -OCH3 is 1. The lowest BCUT2D eigenvalue weighted by atomic mass is 9.94. The first-order chi connectivity index (χ1) is 14.7. The molecule has 30 heavy (non-hydrogen) atoms. The number of carbonyl (C=O) groups is 1. The lowest BCUT2D eigenvalue weighted by Gasteiger charge is -2.32. The normalized spacial score (nSPS) is 16.2. The van der Waals surface area contributed by atoms with Gasteiger partial charge in [0.1, 0.15) is 5.75 Å². The second-order valence-corrected chi connectivity index (χ2v) is 7.21. The third-order valence-corrected chi connectivity index (χ3v) is 5.17. The van der Waals surface area contributed by atoms with Gasteiger partial charge in [0.2, 0.25) is 17.8 Å². The van der Waals surface area contributed by atoms with Gasteiger partial charge in [-0.25, -0.2) is 19.9 Å². The number of nitrogens with zero attached hydrogens (tertiary/aromatic N) is 5. The van der Waals surface area contributed by atoms with Crippen molar-refractivity contribution in [2.75, 3.05) is 25.5 Å². The summed E-state index contributed by atoms with van der Waals surface area (Å²) in [5.41, 5.74) is 1.91. The maximum atomic E-state index is 12.8. The first-order valence-corrected chi connectivity index (χ1v) is 9.99. The zero-order chi connectivity index (χ0) is 20.8. The molecule has 3 heterocycles. The molecule has 1 aliphatic heterocycles. The molecule has 1 N–H and O–H groups in total. The molecule has 8 nitrogen and oxygen atoms in total. The molecule has 1 aliphatic rings. The van der Waals surface area contributed by atoms with E-state index in [1.54, 1.807) is 31.8 Å². The van der Waals surface area contributed by atoms with Crippen molar-refractivity contribution in [1.82, 2.24) is 24.8 Å². The Morgan fingerprint density at radius 3 is 2.63 bits per heavy atom. The Hall–Kier alpha value is -3.55. The fraction of sp³-hybridized carbons (Fsp3) is 0.318. The van der Waals surface area contributed by atoms with Gasteiger partial charge in [-0.1, -0.05) is 12.1 Å². The Kier molecular flexibility index (Phi) is 6.12. The summed E-state index contributed by atoms with van der Waals surface area (Å²) >= 11 is 0. The predicted molar refractivity (Wildman–Crippen MR) is 113 cm³/mol. The van der Waals surface area contributed by atoms with Crippen LogP contribution in [0.15, 0.2) is 55.0 Å². The summed E-state index contributed by atoms with van der Waals surface area (Å²) in [4.78, 5) is 32.0. The Bertz CT molecular complexity index is 980. The lowest BCUT2D eigenvalue weighted by Crippen LogP contribution is -2.40. The molecule has 1 fully saturated rings. The van der Waals surface area contributed by atoms with Crippen molar-refractivity contribution in [1.29, 1.82) is 0 Å². The first kappa shape index (κ1) is 19.8. The van der Waals surface area contributed by atoms with E-state index in [2.05, 4.69) is 25.3 Å². The van der Waals surface area contributed by atoms with Crippen LogP contribution in [-0.4, -0.2) is 50.9 Å². The van der Waals surface area contributed by atoms with Gasteiger partial charge in [-0.3, -0.25) is 10.1 Å². The summed E-state index contributed by atoms with van der Waals surface area (Å²) in [5, 5.41) is 3.02. The SMILES string of the molecule is COc1ccc(CC(=O)N2CCCC(c3ccnc(Nc4ncccn4)n3)C2)cc1. The molecule has 1 atom stereocenters. The summed E-state index contributed by atoms with van der Waals surface area (Å²) in [7, 11) is 1.63. The minimum Gasteiger partial charge on any atom is -0.497 e. The van der Waals surface area contributed by atoms with Crippen molar-refractivity contribution in [2.24, 2.45) is 0 Å². The molecular weight excluding hydrogens is 380 g/mol. The molecule has 1 amide bonds. The number of carbonyl (C=O) groups excluding carboxylic acids is 1. The molecule has 1 unspecified atom stereocenters. The van der Waals surface area contributed by atoms with Gasteiger partial charge in [-0.15, -0.1) is 0 Å². The van der Waals surface area contributed by atoms with Gasteiger partial charge in [0.05, 0.1) is 19.2 Å². The number of likely N-dealkylation sites (tertiary alicyclic amines) is 1. The topological polar surface area (TPSA) is 93.1 Å². The van der Waals surface area contributed by atoms with E-state index in [1.165, 1.54) is 0 Å². The van der Waals surface area contributed by atoms with Crippen LogP contribution in [0.4, 0.5) is 11.9 Å². The van der Waals surface area contributed by atoms with Crippen LogP contribution < -0.4 is 10.1 Å². The van der Waals surface area contributed by atoms with Crippen LogP contribution in [0.5, 0.6) is 5.75 Å². The van der Waals surface area contributed by atoms with Gasteiger partial charge in [-0.05, 0) is 42.7 Å². The number of hydrogen-bond acceptors (Lipinski definition) is 7. The summed E-state index contributed by atoms with van der Waals surface area (Å²) in [6.07, 6.45) is 7.38. The predicted octanol–water partition coefficient (Wildman–Crippen LogP) is 2.97. The van der Waals surface area contributed by atoms with Crippen LogP contribution in [0.2, 0.25) is 0 Å². The largest absolute Gasteiger partial charge is 0.497 e. The van der Waals surface area contributed by atoms with Gasteiger partial charge < -0.3 is 9.64 Å². The van der Waals surface area contributed by atoms with Gasteiger partial charge in [0.15, 0.2) is 0 Å². The third-order valence-electron chi connectivity index (χ3n) is 5.17. The van der Waals surface area contributed by atoms with Crippen LogP contribution in [0.1, 0.15) is 30.0 Å². The quantitative estimate of drug-likeness (QED) is 0.675. The highest BCUT2D eigenvalue weighted by atomic mass is 16.5. The van der Waals surface area contributed by atoms with Gasteiger partial charge in [0.25, 0.3) is 0 Å². The molecule has 8 heteroatoms. The number of rotatable bonds is 6. The van der Waals surface area contributed by atoms with Crippen molar-refractivity contribution in [3.8, 4) is 5.75 Å². The average Bonchev–Trinajstić information content (AvgIpc) is 2.80. The zero-order valence-electron chi connectivity index (χ0n) is 16.9. The van der Waals surface area contributed by atoms with E-state index in [-0.39, 0.29) is 11.8 Å². The van der Waals surface area contributed by atoms with E-state index in [0.717, 1.165) is 36.4 Å². The Balaban J connectivity index is 1.40. The van der Waals surface area contributed by atoms with Gasteiger partial charge in [-0.2, -0.15) is 0 Å². The molecule has 0 radical (unpaired) electrons. The molecule has 4 rings (SSSR count). The molecule has 0 spiro atoms. The summed E-state index contributed by atoms with van der Waals surface area (Å²) in [6.45, 7) is 1.44. The number of amides is 1. The van der Waals surface area contributed by atoms with E-state index < -0.39 is 0 Å². The Morgan fingerprint density at radius 1 is 1.10 bits per heavy atom. The minimum atomic E-state index is 0.134. The van der Waals surface area contributed by atoms with Gasteiger partial charge >= 0.3 is 0 Å². The molecule has 154 valence electrons. The summed E-state index contributed by atoms with van der Waals surface area (Å²) < 4.78 is 5.18. The second kappa shape index (κ2) is 9.30. The van der Waals surface area contributed by atoms with Crippen molar-refractivity contribution in [2.45, 2.75) is 25.2 Å². The molecule has 2 aromatic heterocycles. The number of hydrogen-bond donors (Lipinski definition) is 1. The number of benzene rings is 1. The van der Waals surface area contributed by atoms with Crippen LogP contribution in [0, 0.1) is 0 Å².